The van der Waals surface area contributed by atoms with Crippen molar-refractivity contribution < 1.29 is 20.1 Å². The summed E-state index contributed by atoms with van der Waals surface area (Å²) in [5.41, 5.74) is 1.18. The first kappa shape index (κ1) is 12.4. The fraction of sp³-hybridized carbons (Fsp3) is 0.800. The maximum Gasteiger partial charge on any atom is 0.114 e. The minimum atomic E-state index is -0.886. The Hall–Kier alpha value is -1.02. The Kier molecular flexibility index (Phi) is 4.06. The highest BCUT2D eigenvalue weighted by atomic mass is 16.5. The summed E-state index contributed by atoms with van der Waals surface area (Å²) in [7, 11) is 0. The third-order valence-electron chi connectivity index (χ3n) is 2.83. The molecule has 1 fully saturated rings. The van der Waals surface area contributed by atoms with E-state index in [1.54, 1.807) is 0 Å². The Bertz CT molecular complexity index is 362. The van der Waals surface area contributed by atoms with Crippen LogP contribution in [-0.4, -0.2) is 49.6 Å². The third-order valence-corrected chi connectivity index (χ3v) is 2.83. The Morgan fingerprint density at radius 2 is 2.29 bits per heavy atom. The summed E-state index contributed by atoms with van der Waals surface area (Å²) in [6, 6.07) is 0. The van der Waals surface area contributed by atoms with E-state index in [2.05, 4.69) is 10.3 Å². The first-order valence-corrected chi connectivity index (χ1v) is 5.70. The molecule has 2 heterocycles. The van der Waals surface area contributed by atoms with E-state index >= 15 is 0 Å². The monoisotopic (exact) mass is 243 g/mol. The molecule has 2 unspecified atom stereocenters. The van der Waals surface area contributed by atoms with Crippen LogP contribution in [-0.2, 0) is 17.9 Å². The maximum atomic E-state index is 9.42. The molecule has 3 N–H and O–H groups in total. The molecular weight excluding hydrogens is 226 g/mol. The van der Waals surface area contributed by atoms with Gasteiger partial charge in [0, 0.05) is 6.61 Å². The molecule has 7 nitrogen and oxygen atoms in total. The van der Waals surface area contributed by atoms with E-state index in [4.69, 9.17) is 9.84 Å². The molecule has 1 aromatic heterocycles. The van der Waals surface area contributed by atoms with Gasteiger partial charge in [-0.1, -0.05) is 5.21 Å². The Morgan fingerprint density at radius 3 is 2.88 bits per heavy atom. The summed E-state index contributed by atoms with van der Waals surface area (Å²) in [5, 5.41) is 35.2. The van der Waals surface area contributed by atoms with Crippen molar-refractivity contribution >= 4 is 0 Å². The lowest BCUT2D eigenvalue weighted by molar-refractivity contribution is 0.0685. The smallest absolute Gasteiger partial charge is 0.114 e. The molecular formula is C10H17N3O4. The Morgan fingerprint density at radius 1 is 1.47 bits per heavy atom. The van der Waals surface area contributed by atoms with E-state index in [0.717, 1.165) is 12.8 Å². The second kappa shape index (κ2) is 5.54. The molecule has 7 heteroatoms. The molecule has 0 saturated carbocycles. The SMILES string of the molecule is OCc1nnn(CC(O)CO)c1C1CCCO1. The normalized spacial score (nSPS) is 21.9. The lowest BCUT2D eigenvalue weighted by Gasteiger charge is -2.14. The van der Waals surface area contributed by atoms with Crippen LogP contribution in [0.4, 0.5) is 0 Å². The van der Waals surface area contributed by atoms with E-state index in [9.17, 15) is 10.2 Å². The van der Waals surface area contributed by atoms with Gasteiger partial charge in [0.05, 0.1) is 31.6 Å². The number of aromatic nitrogens is 3. The van der Waals surface area contributed by atoms with Crippen LogP contribution in [0, 0.1) is 0 Å². The first-order valence-electron chi connectivity index (χ1n) is 5.70. The summed E-state index contributed by atoms with van der Waals surface area (Å²) >= 11 is 0. The molecule has 17 heavy (non-hydrogen) atoms. The predicted octanol–water partition coefficient (Wildman–Crippen LogP) is -1.02. The zero-order valence-electron chi connectivity index (χ0n) is 9.49. The number of hydrogen-bond donors (Lipinski definition) is 3. The zero-order valence-corrected chi connectivity index (χ0v) is 9.49. The van der Waals surface area contributed by atoms with Gasteiger partial charge in [-0.25, -0.2) is 4.68 Å². The van der Waals surface area contributed by atoms with Gasteiger partial charge in [0.15, 0.2) is 0 Å². The molecule has 0 aromatic carbocycles. The van der Waals surface area contributed by atoms with Gasteiger partial charge in [0.25, 0.3) is 0 Å². The van der Waals surface area contributed by atoms with Gasteiger partial charge in [-0.2, -0.15) is 0 Å². The van der Waals surface area contributed by atoms with Crippen LogP contribution in [0.2, 0.25) is 0 Å². The number of nitrogens with zero attached hydrogens (tertiary/aromatic N) is 3. The van der Waals surface area contributed by atoms with Crippen molar-refractivity contribution in [2.75, 3.05) is 13.2 Å². The Labute approximate surface area is 98.6 Å². The standard InChI is InChI=1S/C10H17N3O4/c14-5-7(16)4-13-10(8(6-15)11-12-13)9-2-1-3-17-9/h7,9,14-16H,1-6H2. The van der Waals surface area contributed by atoms with E-state index in [-0.39, 0.29) is 25.9 Å². The van der Waals surface area contributed by atoms with Gasteiger partial charge in [-0.05, 0) is 12.8 Å². The molecule has 1 aliphatic heterocycles. The number of aliphatic hydroxyl groups excluding tert-OH is 3. The molecule has 1 aromatic rings. The van der Waals surface area contributed by atoms with Crippen LogP contribution in [0.5, 0.6) is 0 Å². The average molecular weight is 243 g/mol. The zero-order chi connectivity index (χ0) is 12.3. The highest BCUT2D eigenvalue weighted by molar-refractivity contribution is 5.13. The molecule has 0 amide bonds. The number of rotatable bonds is 5. The van der Waals surface area contributed by atoms with Gasteiger partial charge >= 0.3 is 0 Å². The highest BCUT2D eigenvalue weighted by Crippen LogP contribution is 2.30. The minimum Gasteiger partial charge on any atom is -0.394 e. The second-order valence-corrected chi connectivity index (χ2v) is 4.10. The minimum absolute atomic E-state index is 0.127. The molecule has 0 radical (unpaired) electrons. The number of aliphatic hydroxyl groups is 3. The summed E-state index contributed by atoms with van der Waals surface area (Å²) in [5.74, 6) is 0. The molecule has 96 valence electrons. The van der Waals surface area contributed by atoms with Crippen LogP contribution in [0.3, 0.4) is 0 Å². The van der Waals surface area contributed by atoms with Gasteiger partial charge in [0.1, 0.15) is 11.8 Å². The predicted molar refractivity (Wildman–Crippen MR) is 57.0 cm³/mol. The lowest BCUT2D eigenvalue weighted by Crippen LogP contribution is -2.23. The molecule has 1 aliphatic rings. The van der Waals surface area contributed by atoms with Crippen molar-refractivity contribution in [1.29, 1.82) is 0 Å². The summed E-state index contributed by atoms with van der Waals surface area (Å²) < 4.78 is 7.04. The molecule has 0 spiro atoms. The van der Waals surface area contributed by atoms with Gasteiger partial charge in [-0.15, -0.1) is 5.10 Å². The quantitative estimate of drug-likeness (QED) is 0.611. The fourth-order valence-electron chi connectivity index (χ4n) is 2.01. The lowest BCUT2D eigenvalue weighted by atomic mass is 10.1. The number of ether oxygens (including phenoxy) is 1. The van der Waals surface area contributed by atoms with Crippen LogP contribution in [0.15, 0.2) is 0 Å². The summed E-state index contributed by atoms with van der Waals surface area (Å²) in [4.78, 5) is 0. The van der Waals surface area contributed by atoms with Gasteiger partial charge < -0.3 is 20.1 Å². The van der Waals surface area contributed by atoms with Gasteiger partial charge in [-0.3, -0.25) is 0 Å². The van der Waals surface area contributed by atoms with Crippen molar-refractivity contribution in [2.45, 2.75) is 38.2 Å². The summed E-state index contributed by atoms with van der Waals surface area (Å²) in [6.07, 6.45) is 0.806. The van der Waals surface area contributed by atoms with Crippen molar-refractivity contribution in [1.82, 2.24) is 15.0 Å². The molecule has 2 atom stereocenters. The Balaban J connectivity index is 2.22. The third kappa shape index (κ3) is 2.63. The van der Waals surface area contributed by atoms with E-state index < -0.39 is 6.10 Å². The second-order valence-electron chi connectivity index (χ2n) is 4.10. The van der Waals surface area contributed by atoms with Crippen LogP contribution >= 0.6 is 0 Å². The van der Waals surface area contributed by atoms with Crippen molar-refractivity contribution in [3.05, 3.63) is 11.4 Å². The van der Waals surface area contributed by atoms with E-state index in [0.29, 0.717) is 18.0 Å². The largest absolute Gasteiger partial charge is 0.394 e. The van der Waals surface area contributed by atoms with Crippen LogP contribution < -0.4 is 0 Å². The average Bonchev–Trinajstić information content (AvgIpc) is 2.96. The molecule has 0 aliphatic carbocycles. The van der Waals surface area contributed by atoms with Crippen LogP contribution in [0.1, 0.15) is 30.3 Å². The maximum absolute atomic E-state index is 9.42. The molecule has 1 saturated heterocycles. The fourth-order valence-corrected chi connectivity index (χ4v) is 2.01. The van der Waals surface area contributed by atoms with Crippen molar-refractivity contribution in [2.24, 2.45) is 0 Å². The molecule has 0 bridgehead atoms. The summed E-state index contributed by atoms with van der Waals surface area (Å²) in [6.45, 7) is 0.297. The van der Waals surface area contributed by atoms with E-state index in [1.807, 2.05) is 0 Å². The highest BCUT2D eigenvalue weighted by Gasteiger charge is 2.26. The number of hydrogen-bond acceptors (Lipinski definition) is 6. The van der Waals surface area contributed by atoms with Gasteiger partial charge in [0.2, 0.25) is 0 Å². The molecule has 2 rings (SSSR count). The first-order chi connectivity index (χ1) is 8.26. The van der Waals surface area contributed by atoms with Crippen LogP contribution in [0.25, 0.3) is 0 Å². The van der Waals surface area contributed by atoms with E-state index in [1.165, 1.54) is 4.68 Å². The van der Waals surface area contributed by atoms with Crippen molar-refractivity contribution in [3.8, 4) is 0 Å². The topological polar surface area (TPSA) is 101 Å². The van der Waals surface area contributed by atoms with Crippen molar-refractivity contribution in [3.63, 3.8) is 0 Å².